The predicted molar refractivity (Wildman–Crippen MR) is 125 cm³/mol. The van der Waals surface area contributed by atoms with E-state index in [9.17, 15) is 18.0 Å². The van der Waals surface area contributed by atoms with Gasteiger partial charge in [-0.1, -0.05) is 24.3 Å². The Bertz CT molecular complexity index is 1520. The second-order valence-electron chi connectivity index (χ2n) is 7.64. The molecule has 1 N–H and O–H groups in total. The number of benzene rings is 3. The van der Waals surface area contributed by atoms with E-state index in [0.29, 0.717) is 22.3 Å². The number of para-hydroxylation sites is 2. The molecule has 0 aliphatic carbocycles. The maximum atomic E-state index is 13.2. The Morgan fingerprint density at radius 2 is 1.69 bits per heavy atom. The summed E-state index contributed by atoms with van der Waals surface area (Å²) in [7, 11) is 0. The number of amides is 1. The molecule has 11 heteroatoms. The van der Waals surface area contributed by atoms with E-state index in [0.717, 1.165) is 11.8 Å². The average molecular weight is 490 g/mol. The van der Waals surface area contributed by atoms with E-state index in [-0.39, 0.29) is 11.6 Å². The summed E-state index contributed by atoms with van der Waals surface area (Å²) in [6, 6.07) is 19.1. The largest absolute Gasteiger partial charge is 0.467 e. The van der Waals surface area contributed by atoms with Crippen LogP contribution in [-0.4, -0.2) is 37.2 Å². The van der Waals surface area contributed by atoms with E-state index >= 15 is 0 Å². The van der Waals surface area contributed by atoms with Crippen LogP contribution in [0.2, 0.25) is 0 Å². The van der Waals surface area contributed by atoms with Gasteiger partial charge >= 0.3 is 6.18 Å². The van der Waals surface area contributed by atoms with Crippen LogP contribution < -0.4 is 10.1 Å². The second-order valence-corrected chi connectivity index (χ2v) is 7.64. The van der Waals surface area contributed by atoms with E-state index in [1.165, 1.54) is 24.5 Å². The molecule has 1 amide bonds. The molecule has 5 aromatic rings. The van der Waals surface area contributed by atoms with Gasteiger partial charge in [0.1, 0.15) is 12.7 Å². The number of aromatic nitrogens is 5. The molecule has 0 aliphatic rings. The smallest absolute Gasteiger partial charge is 0.418 e. The van der Waals surface area contributed by atoms with Crippen LogP contribution >= 0.6 is 0 Å². The van der Waals surface area contributed by atoms with Crippen LogP contribution in [0.4, 0.5) is 18.9 Å². The Morgan fingerprint density at radius 1 is 0.944 bits per heavy atom. The van der Waals surface area contributed by atoms with Gasteiger partial charge in [-0.2, -0.15) is 23.3 Å². The van der Waals surface area contributed by atoms with Gasteiger partial charge in [-0.3, -0.25) is 4.79 Å². The molecule has 0 spiro atoms. The number of ether oxygens (including phenoxy) is 1. The zero-order valence-corrected chi connectivity index (χ0v) is 18.5. The summed E-state index contributed by atoms with van der Waals surface area (Å²) in [6.07, 6.45) is -1.60. The number of halogens is 3. The highest BCUT2D eigenvalue weighted by atomic mass is 19.4. The zero-order valence-electron chi connectivity index (χ0n) is 18.5. The number of hydrogen-bond acceptors (Lipinski definition) is 6. The van der Waals surface area contributed by atoms with Crippen LogP contribution in [-0.2, 0) is 11.0 Å². The standard InChI is InChI=1S/C25H17F3N6O2/c26-25(27,28)19-6-2-4-8-21(19)31-22(35)13-36-24-18-5-1-3-7-20(18)32-23(33-24)16-9-11-17(12-10-16)34-15-29-14-30-34/h1-12,14-15H,13H2,(H,31,35). The van der Waals surface area contributed by atoms with E-state index in [4.69, 9.17) is 4.74 Å². The lowest BCUT2D eigenvalue weighted by atomic mass is 10.1. The maximum Gasteiger partial charge on any atom is 0.418 e. The quantitative estimate of drug-likeness (QED) is 0.363. The zero-order chi connectivity index (χ0) is 25.1. The molecule has 2 aromatic heterocycles. The Labute approximate surface area is 202 Å². The Balaban J connectivity index is 1.39. The third-order valence-corrected chi connectivity index (χ3v) is 5.22. The molecule has 180 valence electrons. The number of anilines is 1. The lowest BCUT2D eigenvalue weighted by Crippen LogP contribution is -2.22. The third-order valence-electron chi connectivity index (χ3n) is 5.22. The summed E-state index contributed by atoms with van der Waals surface area (Å²) in [4.78, 5) is 25.4. The first-order valence-electron chi connectivity index (χ1n) is 10.7. The van der Waals surface area contributed by atoms with Crippen molar-refractivity contribution in [2.24, 2.45) is 0 Å². The van der Waals surface area contributed by atoms with Crippen LogP contribution in [0.15, 0.2) is 85.5 Å². The number of nitrogens with one attached hydrogen (secondary N) is 1. The van der Waals surface area contributed by atoms with Crippen molar-refractivity contribution in [3.8, 4) is 23.0 Å². The van der Waals surface area contributed by atoms with Crippen molar-refractivity contribution >= 4 is 22.5 Å². The van der Waals surface area contributed by atoms with E-state index in [1.54, 1.807) is 35.3 Å². The molecule has 0 bridgehead atoms. The fraction of sp³-hybridized carbons (Fsp3) is 0.0800. The summed E-state index contributed by atoms with van der Waals surface area (Å²) in [5.74, 6) is -0.264. The molecule has 0 fully saturated rings. The van der Waals surface area contributed by atoms with Crippen molar-refractivity contribution in [3.05, 3.63) is 91.0 Å². The van der Waals surface area contributed by atoms with Gasteiger partial charge in [-0.25, -0.2) is 14.6 Å². The molecule has 0 radical (unpaired) electrons. The van der Waals surface area contributed by atoms with Crippen LogP contribution in [0.25, 0.3) is 28.0 Å². The Morgan fingerprint density at radius 3 is 2.44 bits per heavy atom. The van der Waals surface area contributed by atoms with Gasteiger partial charge in [-0.15, -0.1) is 0 Å². The fourth-order valence-corrected chi connectivity index (χ4v) is 3.55. The molecular formula is C25H17F3N6O2. The molecule has 5 rings (SSSR count). The van der Waals surface area contributed by atoms with Crippen molar-refractivity contribution < 1.29 is 22.7 Å². The molecule has 36 heavy (non-hydrogen) atoms. The van der Waals surface area contributed by atoms with Gasteiger partial charge < -0.3 is 10.1 Å². The number of rotatable bonds is 6. The summed E-state index contributed by atoms with van der Waals surface area (Å²) in [5.41, 5.74) is 0.782. The minimum absolute atomic E-state index is 0.134. The number of carbonyl (C=O) groups excluding carboxylic acids is 1. The van der Waals surface area contributed by atoms with Crippen molar-refractivity contribution in [2.75, 3.05) is 11.9 Å². The molecule has 0 atom stereocenters. The minimum Gasteiger partial charge on any atom is -0.467 e. The molecule has 0 saturated heterocycles. The van der Waals surface area contributed by atoms with Gasteiger partial charge in [0.25, 0.3) is 5.91 Å². The van der Waals surface area contributed by atoms with E-state index in [2.05, 4.69) is 25.4 Å². The predicted octanol–water partition coefficient (Wildman–Crippen LogP) is 4.91. The van der Waals surface area contributed by atoms with E-state index in [1.807, 2.05) is 24.3 Å². The molecule has 0 unspecified atom stereocenters. The minimum atomic E-state index is -4.61. The van der Waals surface area contributed by atoms with E-state index < -0.39 is 24.3 Å². The maximum absolute atomic E-state index is 13.2. The number of alkyl halides is 3. The van der Waals surface area contributed by atoms with Crippen molar-refractivity contribution in [1.29, 1.82) is 0 Å². The van der Waals surface area contributed by atoms with Gasteiger partial charge in [0.15, 0.2) is 12.4 Å². The molecule has 3 aromatic carbocycles. The first-order chi connectivity index (χ1) is 17.4. The summed E-state index contributed by atoms with van der Waals surface area (Å²) in [5, 5.41) is 6.91. The number of carbonyl (C=O) groups is 1. The molecular weight excluding hydrogens is 473 g/mol. The van der Waals surface area contributed by atoms with Gasteiger partial charge in [-0.05, 0) is 48.5 Å². The van der Waals surface area contributed by atoms with Crippen LogP contribution in [0, 0.1) is 0 Å². The highest BCUT2D eigenvalue weighted by Gasteiger charge is 2.33. The molecule has 0 saturated carbocycles. The van der Waals surface area contributed by atoms with Crippen molar-refractivity contribution in [2.45, 2.75) is 6.18 Å². The number of fused-ring (bicyclic) bond motifs is 1. The van der Waals surface area contributed by atoms with Crippen LogP contribution in [0.3, 0.4) is 0 Å². The monoisotopic (exact) mass is 490 g/mol. The Kier molecular flexibility index (Phi) is 6.03. The Hall–Kier alpha value is -4.80. The fourth-order valence-electron chi connectivity index (χ4n) is 3.55. The first kappa shape index (κ1) is 23.0. The first-order valence-corrected chi connectivity index (χ1v) is 10.7. The summed E-state index contributed by atoms with van der Waals surface area (Å²) < 4.78 is 46.9. The summed E-state index contributed by atoms with van der Waals surface area (Å²) >= 11 is 0. The lowest BCUT2D eigenvalue weighted by Gasteiger charge is -2.14. The van der Waals surface area contributed by atoms with Gasteiger partial charge in [0, 0.05) is 5.56 Å². The normalized spacial score (nSPS) is 11.4. The van der Waals surface area contributed by atoms with Crippen LogP contribution in [0.5, 0.6) is 5.88 Å². The molecule has 8 nitrogen and oxygen atoms in total. The average Bonchev–Trinajstić information content (AvgIpc) is 3.42. The third kappa shape index (κ3) is 4.85. The van der Waals surface area contributed by atoms with Crippen molar-refractivity contribution in [1.82, 2.24) is 24.7 Å². The molecule has 2 heterocycles. The topological polar surface area (TPSA) is 94.8 Å². The highest BCUT2D eigenvalue weighted by molar-refractivity contribution is 5.93. The van der Waals surface area contributed by atoms with Crippen LogP contribution in [0.1, 0.15) is 5.56 Å². The van der Waals surface area contributed by atoms with Gasteiger partial charge in [0.05, 0.1) is 27.8 Å². The summed E-state index contributed by atoms with van der Waals surface area (Å²) in [6.45, 7) is -0.544. The number of hydrogen-bond donors (Lipinski definition) is 1. The second kappa shape index (κ2) is 9.45. The lowest BCUT2D eigenvalue weighted by molar-refractivity contribution is -0.137. The number of nitrogens with zero attached hydrogens (tertiary/aromatic N) is 5. The van der Waals surface area contributed by atoms with Crippen molar-refractivity contribution in [3.63, 3.8) is 0 Å². The van der Waals surface area contributed by atoms with Gasteiger partial charge in [0.2, 0.25) is 5.88 Å². The highest BCUT2D eigenvalue weighted by Crippen LogP contribution is 2.34. The molecule has 0 aliphatic heterocycles. The SMILES string of the molecule is O=C(COc1nc(-c2ccc(-n3cncn3)cc2)nc2ccccc12)Nc1ccccc1C(F)(F)F.